The third-order valence-corrected chi connectivity index (χ3v) is 5.38. The normalized spacial score (nSPS) is 22.0. The summed E-state index contributed by atoms with van der Waals surface area (Å²) in [5, 5.41) is 5.08. The van der Waals surface area contributed by atoms with Crippen LogP contribution in [0.4, 0.5) is 5.13 Å². The molecule has 1 aliphatic heterocycles. The van der Waals surface area contributed by atoms with Crippen LogP contribution in [0.3, 0.4) is 0 Å². The van der Waals surface area contributed by atoms with Crippen LogP contribution in [-0.2, 0) is 4.74 Å². The summed E-state index contributed by atoms with van der Waals surface area (Å²) in [6.45, 7) is 5.04. The van der Waals surface area contributed by atoms with Crippen LogP contribution in [0.25, 0.3) is 0 Å². The molecule has 3 N–H and O–H groups in total. The topological polar surface area (TPSA) is 60.2 Å². The summed E-state index contributed by atoms with van der Waals surface area (Å²) in [6, 6.07) is 8.29. The lowest BCUT2D eigenvalue weighted by molar-refractivity contribution is -0.0637. The third kappa shape index (κ3) is 4.04. The van der Waals surface area contributed by atoms with Crippen LogP contribution in [0.1, 0.15) is 43.2 Å². The Labute approximate surface area is 146 Å². The Morgan fingerprint density at radius 1 is 1.43 bits per heavy atom. The smallest absolute Gasteiger partial charge is 0.180 e. The first-order chi connectivity index (χ1) is 10.9. The van der Waals surface area contributed by atoms with E-state index in [0.29, 0.717) is 11.2 Å². The van der Waals surface area contributed by atoms with Gasteiger partial charge in [0.15, 0.2) is 5.13 Å². The molecule has 1 aromatic carbocycles. The highest BCUT2D eigenvalue weighted by atomic mass is 35.5. The maximum atomic E-state index is 6.44. The summed E-state index contributed by atoms with van der Waals surface area (Å²) < 4.78 is 5.82. The lowest BCUT2D eigenvalue weighted by Crippen LogP contribution is -2.45. The van der Waals surface area contributed by atoms with Crippen LogP contribution in [-0.4, -0.2) is 23.2 Å². The zero-order valence-electron chi connectivity index (χ0n) is 13.4. The van der Waals surface area contributed by atoms with E-state index in [-0.39, 0.29) is 11.6 Å². The van der Waals surface area contributed by atoms with Crippen molar-refractivity contribution in [3.05, 3.63) is 45.9 Å². The molecular weight excluding hydrogens is 330 g/mol. The zero-order valence-corrected chi connectivity index (χ0v) is 15.0. The number of nitrogen functional groups attached to an aromatic ring is 1. The summed E-state index contributed by atoms with van der Waals surface area (Å²) in [5.41, 5.74) is 6.79. The molecule has 23 heavy (non-hydrogen) atoms. The number of anilines is 1. The highest BCUT2D eigenvalue weighted by molar-refractivity contribution is 7.15. The molecule has 0 aliphatic carbocycles. The lowest BCUT2D eigenvalue weighted by Gasteiger charge is -2.37. The molecule has 4 nitrogen and oxygen atoms in total. The van der Waals surface area contributed by atoms with E-state index in [9.17, 15) is 0 Å². The average Bonchev–Trinajstić information content (AvgIpc) is 2.91. The molecule has 2 atom stereocenters. The summed E-state index contributed by atoms with van der Waals surface area (Å²) in [5.74, 6) is 0. The number of benzene rings is 1. The van der Waals surface area contributed by atoms with Crippen LogP contribution in [0.15, 0.2) is 30.5 Å². The molecule has 124 valence electrons. The quantitative estimate of drug-likeness (QED) is 0.873. The minimum absolute atomic E-state index is 0.00241. The Morgan fingerprint density at radius 3 is 2.87 bits per heavy atom. The number of hydrogen-bond acceptors (Lipinski definition) is 5. The molecule has 6 heteroatoms. The highest BCUT2D eigenvalue weighted by Gasteiger charge is 2.31. The standard InChI is InChI=1S/C17H22ClN3OS/c1-17(2)9-11(7-8-22-17)21-15(14-10-20-16(19)23-14)12-5-3-4-6-13(12)18/h3-6,10-11,15,21H,7-9H2,1-2H3,(H2,19,20). The summed E-state index contributed by atoms with van der Waals surface area (Å²) in [6.07, 6.45) is 3.78. The molecule has 1 saturated heterocycles. The number of nitrogens with two attached hydrogens (primary N) is 1. The molecule has 3 rings (SSSR count). The Balaban J connectivity index is 1.88. The highest BCUT2D eigenvalue weighted by Crippen LogP contribution is 2.34. The first kappa shape index (κ1) is 16.7. The average molecular weight is 352 g/mol. The molecule has 2 heterocycles. The fourth-order valence-corrected chi connectivity index (χ4v) is 4.09. The molecule has 2 unspecified atom stereocenters. The second-order valence-electron chi connectivity index (χ2n) is 6.52. The van der Waals surface area contributed by atoms with Gasteiger partial charge in [0.25, 0.3) is 0 Å². The van der Waals surface area contributed by atoms with Crippen LogP contribution >= 0.6 is 22.9 Å². The van der Waals surface area contributed by atoms with Gasteiger partial charge in [0.1, 0.15) is 0 Å². The van der Waals surface area contributed by atoms with Crippen molar-refractivity contribution in [3.8, 4) is 0 Å². The number of hydrogen-bond donors (Lipinski definition) is 2. The molecule has 0 radical (unpaired) electrons. The molecule has 0 spiro atoms. The van der Waals surface area contributed by atoms with Gasteiger partial charge in [-0.25, -0.2) is 4.98 Å². The number of rotatable bonds is 4. The minimum atomic E-state index is -0.103. The van der Waals surface area contributed by atoms with E-state index in [1.165, 1.54) is 11.3 Å². The van der Waals surface area contributed by atoms with Gasteiger partial charge in [-0.1, -0.05) is 29.8 Å². The second-order valence-corrected chi connectivity index (χ2v) is 8.02. The second kappa shape index (κ2) is 6.77. The molecule has 0 saturated carbocycles. The van der Waals surface area contributed by atoms with Crippen molar-refractivity contribution >= 4 is 28.1 Å². The Kier molecular flexibility index (Phi) is 4.92. The van der Waals surface area contributed by atoms with Crippen molar-refractivity contribution in [2.75, 3.05) is 12.3 Å². The minimum Gasteiger partial charge on any atom is -0.375 e. The van der Waals surface area contributed by atoms with Gasteiger partial charge in [-0.2, -0.15) is 0 Å². The number of halogens is 1. The number of aromatic nitrogens is 1. The van der Waals surface area contributed by atoms with E-state index in [0.717, 1.165) is 34.9 Å². The molecule has 2 aromatic rings. The van der Waals surface area contributed by atoms with Gasteiger partial charge < -0.3 is 15.8 Å². The maximum absolute atomic E-state index is 6.44. The van der Waals surface area contributed by atoms with Gasteiger partial charge in [-0.15, -0.1) is 11.3 Å². The van der Waals surface area contributed by atoms with Crippen molar-refractivity contribution in [2.24, 2.45) is 0 Å². The van der Waals surface area contributed by atoms with Crippen LogP contribution in [0.2, 0.25) is 5.02 Å². The van der Waals surface area contributed by atoms with E-state index >= 15 is 0 Å². The lowest BCUT2D eigenvalue weighted by atomic mass is 9.92. The van der Waals surface area contributed by atoms with Crippen molar-refractivity contribution in [2.45, 2.75) is 44.4 Å². The van der Waals surface area contributed by atoms with E-state index in [1.807, 2.05) is 24.4 Å². The van der Waals surface area contributed by atoms with Gasteiger partial charge in [0, 0.05) is 28.7 Å². The maximum Gasteiger partial charge on any atom is 0.180 e. The van der Waals surface area contributed by atoms with Gasteiger partial charge in [0.05, 0.1) is 11.6 Å². The van der Waals surface area contributed by atoms with Crippen LogP contribution < -0.4 is 11.1 Å². The van der Waals surface area contributed by atoms with Gasteiger partial charge in [-0.05, 0) is 38.3 Å². The molecule has 1 aliphatic rings. The fourth-order valence-electron chi connectivity index (χ4n) is 3.08. The summed E-state index contributed by atoms with van der Waals surface area (Å²) in [4.78, 5) is 5.29. The van der Waals surface area contributed by atoms with E-state index in [4.69, 9.17) is 22.1 Å². The SMILES string of the molecule is CC1(C)CC(NC(c2cnc(N)s2)c2ccccc2Cl)CCO1. The number of nitrogens with one attached hydrogen (secondary N) is 1. The van der Waals surface area contributed by atoms with E-state index < -0.39 is 0 Å². The summed E-state index contributed by atoms with van der Waals surface area (Å²) >= 11 is 7.94. The number of thiazole rings is 1. The summed E-state index contributed by atoms with van der Waals surface area (Å²) in [7, 11) is 0. The van der Waals surface area contributed by atoms with Crippen molar-refractivity contribution in [1.82, 2.24) is 10.3 Å². The molecule has 1 aromatic heterocycles. The zero-order chi connectivity index (χ0) is 16.4. The monoisotopic (exact) mass is 351 g/mol. The molecule has 0 amide bonds. The Morgan fingerprint density at radius 2 is 2.22 bits per heavy atom. The van der Waals surface area contributed by atoms with E-state index in [1.54, 1.807) is 0 Å². The molecule has 0 bridgehead atoms. The van der Waals surface area contributed by atoms with Crippen molar-refractivity contribution in [1.29, 1.82) is 0 Å². The van der Waals surface area contributed by atoms with Crippen molar-refractivity contribution in [3.63, 3.8) is 0 Å². The largest absolute Gasteiger partial charge is 0.375 e. The first-order valence-electron chi connectivity index (χ1n) is 7.80. The van der Waals surface area contributed by atoms with E-state index in [2.05, 4.69) is 30.2 Å². The predicted molar refractivity (Wildman–Crippen MR) is 96.0 cm³/mol. The third-order valence-electron chi connectivity index (χ3n) is 4.14. The van der Waals surface area contributed by atoms with Gasteiger partial charge in [0.2, 0.25) is 0 Å². The van der Waals surface area contributed by atoms with Crippen LogP contribution in [0.5, 0.6) is 0 Å². The predicted octanol–water partition coefficient (Wildman–Crippen LogP) is 4.02. The first-order valence-corrected chi connectivity index (χ1v) is 9.00. The number of ether oxygens (including phenoxy) is 1. The van der Waals surface area contributed by atoms with Gasteiger partial charge in [-0.3, -0.25) is 0 Å². The fraction of sp³-hybridized carbons (Fsp3) is 0.471. The molecule has 1 fully saturated rings. The number of nitrogens with zero attached hydrogens (tertiary/aromatic N) is 1. The van der Waals surface area contributed by atoms with Gasteiger partial charge >= 0.3 is 0 Å². The Hall–Kier alpha value is -1.14. The van der Waals surface area contributed by atoms with Crippen molar-refractivity contribution < 1.29 is 4.74 Å². The molecular formula is C17H22ClN3OS. The Bertz CT molecular complexity index is 673. The van der Waals surface area contributed by atoms with Crippen LogP contribution in [0, 0.1) is 0 Å².